The molecule has 176 valence electrons. The molecule has 3 heterocycles. The highest BCUT2D eigenvalue weighted by molar-refractivity contribution is 5.87. The monoisotopic (exact) mass is 455 g/mol. The summed E-state index contributed by atoms with van der Waals surface area (Å²) in [6, 6.07) is 24.8. The van der Waals surface area contributed by atoms with Gasteiger partial charge in [0.15, 0.2) is 0 Å². The third-order valence-corrected chi connectivity index (χ3v) is 7.23. The molecule has 0 radical (unpaired) electrons. The van der Waals surface area contributed by atoms with Crippen LogP contribution in [0.1, 0.15) is 42.7 Å². The van der Waals surface area contributed by atoms with Crippen molar-refractivity contribution in [3.05, 3.63) is 96.3 Å². The molecule has 3 aromatic rings. The first-order chi connectivity index (χ1) is 16.8. The molecule has 0 spiro atoms. The fourth-order valence-corrected chi connectivity index (χ4v) is 5.37. The molecule has 0 atom stereocenters. The summed E-state index contributed by atoms with van der Waals surface area (Å²) in [6.45, 7) is 3.77. The zero-order chi connectivity index (χ0) is 23.2. The normalized spacial score (nSPS) is 18.2. The minimum absolute atomic E-state index is 0.223. The van der Waals surface area contributed by atoms with Crippen molar-refractivity contribution in [3.63, 3.8) is 0 Å². The third kappa shape index (κ3) is 5.31. The van der Waals surface area contributed by atoms with E-state index in [4.69, 9.17) is 4.74 Å². The first-order valence-corrected chi connectivity index (χ1v) is 12.5. The minimum atomic E-state index is -0.236. The molecule has 2 aliphatic heterocycles. The first-order valence-electron chi connectivity index (χ1n) is 12.5. The third-order valence-electron chi connectivity index (χ3n) is 7.23. The summed E-state index contributed by atoms with van der Waals surface area (Å²) in [4.78, 5) is 22.4. The maximum absolute atomic E-state index is 13.7. The lowest BCUT2D eigenvalue weighted by Gasteiger charge is -2.42. The van der Waals surface area contributed by atoms with Gasteiger partial charge in [-0.3, -0.25) is 14.7 Å². The number of aromatic nitrogens is 1. The van der Waals surface area contributed by atoms with Gasteiger partial charge < -0.3 is 9.64 Å². The number of piperidine rings is 2. The maximum Gasteiger partial charge on any atom is 0.234 e. The number of ether oxygens (including phenoxy) is 1. The average Bonchev–Trinajstić information content (AvgIpc) is 2.91. The van der Waals surface area contributed by atoms with Crippen LogP contribution in [0.2, 0.25) is 0 Å². The van der Waals surface area contributed by atoms with Crippen molar-refractivity contribution in [2.24, 2.45) is 0 Å². The van der Waals surface area contributed by atoms with E-state index in [9.17, 15) is 4.79 Å². The summed E-state index contributed by atoms with van der Waals surface area (Å²) in [7, 11) is 0. The standard InChI is InChI=1S/C29H33N3O2/c33-29(28(23-7-3-1-4-8-23)24-9-5-2-6-10-24)32-19-13-25(14-20-32)31-21-15-27(16-22-31)34-26-11-17-30-18-12-26/h1-12,17-18,25,27-28H,13-16,19-22H2. The molecule has 34 heavy (non-hydrogen) atoms. The molecule has 0 aliphatic carbocycles. The number of likely N-dealkylation sites (tertiary alicyclic amines) is 2. The van der Waals surface area contributed by atoms with Crippen LogP contribution < -0.4 is 4.74 Å². The number of carbonyl (C=O) groups is 1. The lowest BCUT2D eigenvalue weighted by Crippen LogP contribution is -2.50. The largest absolute Gasteiger partial charge is 0.490 e. The van der Waals surface area contributed by atoms with Crippen LogP contribution in [0.5, 0.6) is 5.75 Å². The van der Waals surface area contributed by atoms with Crippen LogP contribution in [0.15, 0.2) is 85.2 Å². The molecule has 2 aromatic carbocycles. The Morgan fingerprint density at radius 3 is 1.88 bits per heavy atom. The van der Waals surface area contributed by atoms with E-state index in [1.54, 1.807) is 12.4 Å². The number of benzene rings is 2. The molecule has 1 aromatic heterocycles. The lowest BCUT2D eigenvalue weighted by molar-refractivity contribution is -0.133. The topological polar surface area (TPSA) is 45.7 Å². The molecule has 0 saturated carbocycles. The smallest absolute Gasteiger partial charge is 0.234 e. The first kappa shape index (κ1) is 22.6. The fourth-order valence-electron chi connectivity index (χ4n) is 5.37. The van der Waals surface area contributed by atoms with E-state index in [1.165, 1.54) is 0 Å². The zero-order valence-corrected chi connectivity index (χ0v) is 19.6. The molecule has 2 saturated heterocycles. The summed E-state index contributed by atoms with van der Waals surface area (Å²) in [5.74, 6) is 0.895. The van der Waals surface area contributed by atoms with E-state index in [-0.39, 0.29) is 17.9 Å². The summed E-state index contributed by atoms with van der Waals surface area (Å²) < 4.78 is 6.13. The highest BCUT2D eigenvalue weighted by Gasteiger charge is 2.33. The highest BCUT2D eigenvalue weighted by Crippen LogP contribution is 2.29. The maximum atomic E-state index is 13.7. The molecule has 0 N–H and O–H groups in total. The van der Waals surface area contributed by atoms with Crippen LogP contribution in [-0.4, -0.2) is 59.0 Å². The van der Waals surface area contributed by atoms with Crippen LogP contribution in [0.3, 0.4) is 0 Å². The van der Waals surface area contributed by atoms with Gasteiger partial charge >= 0.3 is 0 Å². The van der Waals surface area contributed by atoms with Crippen molar-refractivity contribution in [1.82, 2.24) is 14.8 Å². The van der Waals surface area contributed by atoms with Gasteiger partial charge in [0.1, 0.15) is 11.9 Å². The number of rotatable bonds is 6. The van der Waals surface area contributed by atoms with E-state index < -0.39 is 0 Å². The molecular weight excluding hydrogens is 422 g/mol. The highest BCUT2D eigenvalue weighted by atomic mass is 16.5. The van der Waals surface area contributed by atoms with Gasteiger partial charge in [0.2, 0.25) is 5.91 Å². The van der Waals surface area contributed by atoms with Crippen LogP contribution >= 0.6 is 0 Å². The molecule has 2 aliphatic rings. The Bertz CT molecular complexity index is 989. The Labute approximate surface area is 202 Å². The quantitative estimate of drug-likeness (QED) is 0.538. The van der Waals surface area contributed by atoms with E-state index in [1.807, 2.05) is 48.5 Å². The lowest BCUT2D eigenvalue weighted by atomic mass is 9.89. The van der Waals surface area contributed by atoms with Gasteiger partial charge in [0.25, 0.3) is 0 Å². The van der Waals surface area contributed by atoms with E-state index >= 15 is 0 Å². The van der Waals surface area contributed by atoms with Crippen molar-refractivity contribution >= 4 is 5.91 Å². The Balaban J connectivity index is 1.17. The van der Waals surface area contributed by atoms with Crippen molar-refractivity contribution in [2.45, 2.75) is 43.7 Å². The van der Waals surface area contributed by atoms with E-state index in [0.29, 0.717) is 6.04 Å². The Hall–Kier alpha value is -3.18. The molecule has 5 rings (SSSR count). The predicted octanol–water partition coefficient (Wildman–Crippen LogP) is 4.75. The van der Waals surface area contributed by atoms with Crippen LogP contribution in [0.4, 0.5) is 0 Å². The van der Waals surface area contributed by atoms with Gasteiger partial charge in [-0.15, -0.1) is 0 Å². The molecule has 0 unspecified atom stereocenters. The number of pyridine rings is 1. The second-order valence-corrected chi connectivity index (χ2v) is 9.35. The molecule has 5 heteroatoms. The van der Waals surface area contributed by atoms with Crippen molar-refractivity contribution in [3.8, 4) is 5.75 Å². The van der Waals surface area contributed by atoms with Crippen molar-refractivity contribution in [2.75, 3.05) is 26.2 Å². The van der Waals surface area contributed by atoms with Crippen molar-refractivity contribution < 1.29 is 9.53 Å². The van der Waals surface area contributed by atoms with Crippen molar-refractivity contribution in [1.29, 1.82) is 0 Å². The minimum Gasteiger partial charge on any atom is -0.490 e. The Morgan fingerprint density at radius 2 is 1.32 bits per heavy atom. The number of carbonyl (C=O) groups excluding carboxylic acids is 1. The predicted molar refractivity (Wildman–Crippen MR) is 134 cm³/mol. The van der Waals surface area contributed by atoms with Crippen LogP contribution in [0, 0.1) is 0 Å². The summed E-state index contributed by atoms with van der Waals surface area (Å²) in [5, 5.41) is 0. The number of amides is 1. The van der Waals surface area contributed by atoms with Gasteiger partial charge in [0, 0.05) is 44.6 Å². The number of nitrogens with zero attached hydrogens (tertiary/aromatic N) is 3. The Kier molecular flexibility index (Phi) is 7.20. The molecule has 2 fully saturated rings. The molecule has 0 bridgehead atoms. The second kappa shape index (κ2) is 10.8. The van der Waals surface area contributed by atoms with E-state index in [0.717, 1.165) is 68.7 Å². The SMILES string of the molecule is O=C(C(c1ccccc1)c1ccccc1)N1CCC(N2CCC(Oc3ccncc3)CC2)CC1. The number of hydrogen-bond acceptors (Lipinski definition) is 4. The molecular formula is C29H33N3O2. The fraction of sp³-hybridized carbons (Fsp3) is 0.379. The second-order valence-electron chi connectivity index (χ2n) is 9.35. The van der Waals surface area contributed by atoms with Gasteiger partial charge in [-0.05, 0) is 48.9 Å². The summed E-state index contributed by atoms with van der Waals surface area (Å²) in [5.41, 5.74) is 2.13. The number of hydrogen-bond donors (Lipinski definition) is 0. The molecule has 5 nitrogen and oxygen atoms in total. The van der Waals surface area contributed by atoms with Crippen LogP contribution in [-0.2, 0) is 4.79 Å². The molecule has 1 amide bonds. The summed E-state index contributed by atoms with van der Waals surface area (Å²) in [6.07, 6.45) is 8.00. The van der Waals surface area contributed by atoms with Gasteiger partial charge in [-0.1, -0.05) is 60.7 Å². The van der Waals surface area contributed by atoms with Gasteiger partial charge in [0.05, 0.1) is 5.92 Å². The van der Waals surface area contributed by atoms with Crippen LogP contribution in [0.25, 0.3) is 0 Å². The van der Waals surface area contributed by atoms with E-state index in [2.05, 4.69) is 39.0 Å². The zero-order valence-electron chi connectivity index (χ0n) is 19.6. The Morgan fingerprint density at radius 1 is 0.765 bits per heavy atom. The summed E-state index contributed by atoms with van der Waals surface area (Å²) >= 11 is 0. The average molecular weight is 456 g/mol. The van der Waals surface area contributed by atoms with Gasteiger partial charge in [-0.2, -0.15) is 0 Å². The van der Waals surface area contributed by atoms with Gasteiger partial charge in [-0.25, -0.2) is 0 Å².